The number of hydrogen-bond donors (Lipinski definition) is 1. The Hall–Kier alpha value is -0.930. The summed E-state index contributed by atoms with van der Waals surface area (Å²) in [7, 11) is 0. The summed E-state index contributed by atoms with van der Waals surface area (Å²) < 4.78 is 0. The van der Waals surface area contributed by atoms with Gasteiger partial charge in [0.2, 0.25) is 0 Å². The lowest BCUT2D eigenvalue weighted by atomic mass is 9.92. The van der Waals surface area contributed by atoms with E-state index in [-0.39, 0.29) is 6.10 Å². The molecule has 0 aromatic carbocycles. The van der Waals surface area contributed by atoms with Crippen molar-refractivity contribution in [3.8, 4) is 0 Å². The number of nitrogens with zero attached hydrogens (tertiary/aromatic N) is 2. The molecule has 1 aromatic heterocycles. The lowest BCUT2D eigenvalue weighted by Crippen LogP contribution is -2.36. The van der Waals surface area contributed by atoms with Gasteiger partial charge in [0.15, 0.2) is 0 Å². The molecular weight excluding hydrogens is 236 g/mol. The fourth-order valence-corrected chi connectivity index (χ4v) is 2.73. The molecule has 3 nitrogen and oxygen atoms in total. The Kier molecular flexibility index (Phi) is 4.94. The quantitative estimate of drug-likeness (QED) is 0.906. The van der Waals surface area contributed by atoms with Crippen molar-refractivity contribution in [2.45, 2.75) is 52.2 Å². The molecule has 1 atom stereocenters. The highest BCUT2D eigenvalue weighted by atomic mass is 16.3. The van der Waals surface area contributed by atoms with Gasteiger partial charge in [0.1, 0.15) is 0 Å². The highest BCUT2D eigenvalue weighted by molar-refractivity contribution is 5.13. The van der Waals surface area contributed by atoms with Crippen molar-refractivity contribution >= 4 is 0 Å². The fraction of sp³-hybridized carbons (Fsp3) is 0.688. The van der Waals surface area contributed by atoms with Crippen molar-refractivity contribution in [1.29, 1.82) is 0 Å². The number of pyridine rings is 1. The van der Waals surface area contributed by atoms with Gasteiger partial charge in [0.25, 0.3) is 0 Å². The molecule has 19 heavy (non-hydrogen) atoms. The van der Waals surface area contributed by atoms with Crippen LogP contribution < -0.4 is 0 Å². The van der Waals surface area contributed by atoms with Crippen LogP contribution in [0.15, 0.2) is 18.2 Å². The highest BCUT2D eigenvalue weighted by Crippen LogP contribution is 2.22. The molecule has 2 rings (SSSR count). The zero-order valence-electron chi connectivity index (χ0n) is 12.3. The predicted octanol–water partition coefficient (Wildman–Crippen LogP) is 2.80. The minimum atomic E-state index is -0.162. The van der Waals surface area contributed by atoms with Gasteiger partial charge in [-0.3, -0.25) is 9.88 Å². The minimum absolute atomic E-state index is 0.162. The van der Waals surface area contributed by atoms with Gasteiger partial charge in [-0.15, -0.1) is 0 Å². The molecule has 1 aliphatic rings. The van der Waals surface area contributed by atoms with E-state index in [1.807, 2.05) is 6.92 Å². The molecule has 1 fully saturated rings. The molecule has 3 heteroatoms. The van der Waals surface area contributed by atoms with Crippen LogP contribution in [0.3, 0.4) is 0 Å². The maximum Gasteiger partial charge on any atom is 0.0547 e. The van der Waals surface area contributed by atoms with Crippen LogP contribution in [0.4, 0.5) is 0 Å². The average molecular weight is 262 g/mol. The SMILES string of the molecule is CC(C)c1cccc(CN2CCC(C(C)O)CC2)n1. The molecule has 106 valence electrons. The zero-order valence-corrected chi connectivity index (χ0v) is 12.3. The van der Waals surface area contributed by atoms with E-state index >= 15 is 0 Å². The monoisotopic (exact) mass is 262 g/mol. The van der Waals surface area contributed by atoms with Gasteiger partial charge in [-0.1, -0.05) is 19.9 Å². The summed E-state index contributed by atoms with van der Waals surface area (Å²) in [6.07, 6.45) is 2.04. The van der Waals surface area contributed by atoms with Crippen LogP contribution in [0.5, 0.6) is 0 Å². The Morgan fingerprint density at radius 2 is 1.95 bits per heavy atom. The molecule has 0 aliphatic carbocycles. The molecule has 0 spiro atoms. The molecule has 0 amide bonds. The number of rotatable bonds is 4. The summed E-state index contributed by atoms with van der Waals surface area (Å²) in [5.74, 6) is 0.965. The summed E-state index contributed by atoms with van der Waals surface area (Å²) in [4.78, 5) is 7.18. The Balaban J connectivity index is 1.90. The first-order chi connectivity index (χ1) is 9.06. The first-order valence-electron chi connectivity index (χ1n) is 7.42. The Morgan fingerprint density at radius 3 is 2.53 bits per heavy atom. The van der Waals surface area contributed by atoms with Gasteiger partial charge in [-0.05, 0) is 56.8 Å². The number of aliphatic hydroxyl groups is 1. The van der Waals surface area contributed by atoms with Crippen molar-refractivity contribution in [2.75, 3.05) is 13.1 Å². The van der Waals surface area contributed by atoms with E-state index in [1.165, 1.54) is 11.4 Å². The first-order valence-corrected chi connectivity index (χ1v) is 7.42. The Bertz CT molecular complexity index is 395. The first kappa shape index (κ1) is 14.5. The fourth-order valence-electron chi connectivity index (χ4n) is 2.73. The molecule has 1 N–H and O–H groups in total. The van der Waals surface area contributed by atoms with Crippen LogP contribution in [0, 0.1) is 5.92 Å². The van der Waals surface area contributed by atoms with E-state index < -0.39 is 0 Å². The third kappa shape index (κ3) is 4.02. The number of aliphatic hydroxyl groups excluding tert-OH is 1. The van der Waals surface area contributed by atoms with Crippen molar-refractivity contribution in [2.24, 2.45) is 5.92 Å². The standard InChI is InChI=1S/C16H26N2O/c1-12(2)16-6-4-5-15(17-16)11-18-9-7-14(8-10-18)13(3)19/h4-6,12-14,19H,7-11H2,1-3H3. The van der Waals surface area contributed by atoms with Crippen molar-refractivity contribution < 1.29 is 5.11 Å². The molecule has 0 bridgehead atoms. The van der Waals surface area contributed by atoms with Crippen molar-refractivity contribution in [3.63, 3.8) is 0 Å². The molecule has 1 unspecified atom stereocenters. The normalized spacial score (nSPS) is 19.8. The summed E-state index contributed by atoms with van der Waals surface area (Å²) in [6, 6.07) is 6.33. The Morgan fingerprint density at radius 1 is 1.26 bits per heavy atom. The highest BCUT2D eigenvalue weighted by Gasteiger charge is 2.22. The molecule has 0 saturated carbocycles. The topological polar surface area (TPSA) is 36.4 Å². The van der Waals surface area contributed by atoms with Crippen LogP contribution in [0.1, 0.15) is 50.9 Å². The summed E-state index contributed by atoms with van der Waals surface area (Å²) in [5.41, 5.74) is 2.35. The minimum Gasteiger partial charge on any atom is -0.393 e. The van der Waals surface area contributed by atoms with Crippen LogP contribution in [0.25, 0.3) is 0 Å². The second-order valence-electron chi connectivity index (χ2n) is 6.06. The van der Waals surface area contributed by atoms with E-state index in [4.69, 9.17) is 4.98 Å². The number of piperidine rings is 1. The summed E-state index contributed by atoms with van der Waals surface area (Å²) in [5, 5.41) is 9.62. The molecule has 2 heterocycles. The van der Waals surface area contributed by atoms with Crippen LogP contribution in [0.2, 0.25) is 0 Å². The molecule has 1 saturated heterocycles. The lowest BCUT2D eigenvalue weighted by Gasteiger charge is -2.33. The predicted molar refractivity (Wildman–Crippen MR) is 78.0 cm³/mol. The van der Waals surface area contributed by atoms with Crippen molar-refractivity contribution in [1.82, 2.24) is 9.88 Å². The maximum absolute atomic E-state index is 9.62. The Labute approximate surface area is 116 Å². The van der Waals surface area contributed by atoms with Crippen LogP contribution >= 0.6 is 0 Å². The molecular formula is C16H26N2O. The lowest BCUT2D eigenvalue weighted by molar-refractivity contribution is 0.0691. The largest absolute Gasteiger partial charge is 0.393 e. The van der Waals surface area contributed by atoms with E-state index in [0.717, 1.165) is 32.5 Å². The van der Waals surface area contributed by atoms with Crippen LogP contribution in [-0.4, -0.2) is 34.2 Å². The van der Waals surface area contributed by atoms with E-state index in [9.17, 15) is 5.11 Å². The van der Waals surface area contributed by atoms with Gasteiger partial charge < -0.3 is 5.11 Å². The third-order valence-electron chi connectivity index (χ3n) is 4.12. The summed E-state index contributed by atoms with van der Waals surface area (Å²) >= 11 is 0. The van der Waals surface area contributed by atoms with Crippen molar-refractivity contribution in [3.05, 3.63) is 29.6 Å². The molecule has 1 aromatic rings. The van der Waals surface area contributed by atoms with Gasteiger partial charge >= 0.3 is 0 Å². The van der Waals surface area contributed by atoms with E-state index in [0.29, 0.717) is 11.8 Å². The van der Waals surface area contributed by atoms with Gasteiger partial charge in [0.05, 0.1) is 11.8 Å². The van der Waals surface area contributed by atoms with Gasteiger partial charge in [-0.2, -0.15) is 0 Å². The van der Waals surface area contributed by atoms with Crippen LogP contribution in [-0.2, 0) is 6.54 Å². The van der Waals surface area contributed by atoms with Gasteiger partial charge in [-0.25, -0.2) is 0 Å². The maximum atomic E-state index is 9.62. The summed E-state index contributed by atoms with van der Waals surface area (Å²) in [6.45, 7) is 9.36. The van der Waals surface area contributed by atoms with Gasteiger partial charge in [0, 0.05) is 12.2 Å². The number of hydrogen-bond acceptors (Lipinski definition) is 3. The smallest absolute Gasteiger partial charge is 0.0547 e. The number of aromatic nitrogens is 1. The van der Waals surface area contributed by atoms with E-state index in [2.05, 4.69) is 36.9 Å². The second kappa shape index (κ2) is 6.49. The second-order valence-corrected chi connectivity index (χ2v) is 6.06. The number of likely N-dealkylation sites (tertiary alicyclic amines) is 1. The zero-order chi connectivity index (χ0) is 13.8. The molecule has 1 aliphatic heterocycles. The average Bonchev–Trinajstić information content (AvgIpc) is 2.39. The van der Waals surface area contributed by atoms with E-state index in [1.54, 1.807) is 0 Å². The molecule has 0 radical (unpaired) electrons. The third-order valence-corrected chi connectivity index (χ3v) is 4.12.